The van der Waals surface area contributed by atoms with Gasteiger partial charge in [0.05, 0.1) is 30.6 Å². The van der Waals surface area contributed by atoms with Crippen LogP contribution < -0.4 is 9.47 Å². The number of hydrogen-bond donors (Lipinski definition) is 0. The molecule has 170 valence electrons. The highest BCUT2D eigenvalue weighted by atomic mass is 32.2. The Balaban J connectivity index is 1.56. The number of methoxy groups -OCH3 is 2. The van der Waals surface area contributed by atoms with Gasteiger partial charge in [-0.25, -0.2) is 8.42 Å². The predicted octanol–water partition coefficient (Wildman–Crippen LogP) is 1.57. The molecule has 0 saturated carbocycles. The van der Waals surface area contributed by atoms with Crippen LogP contribution in [-0.4, -0.2) is 86.1 Å². The van der Waals surface area contributed by atoms with Gasteiger partial charge in [-0.2, -0.15) is 16.1 Å². The molecule has 0 aliphatic carbocycles. The molecule has 0 radical (unpaired) electrons. The molecule has 2 aromatic rings. The van der Waals surface area contributed by atoms with E-state index in [-0.39, 0.29) is 29.6 Å². The lowest BCUT2D eigenvalue weighted by Crippen LogP contribution is -2.50. The number of sulfonamides is 1. The van der Waals surface area contributed by atoms with Crippen molar-refractivity contribution in [3.8, 4) is 11.5 Å². The maximum Gasteiger partial charge on any atom is 0.277 e. The van der Waals surface area contributed by atoms with E-state index < -0.39 is 10.0 Å². The Morgan fingerprint density at radius 2 is 1.84 bits per heavy atom. The van der Waals surface area contributed by atoms with Crippen LogP contribution in [0.3, 0.4) is 0 Å². The van der Waals surface area contributed by atoms with Crippen molar-refractivity contribution in [3.63, 3.8) is 0 Å². The molecule has 0 N–H and O–H groups in total. The largest absolute Gasteiger partial charge is 0.493 e. The first kappa shape index (κ1) is 23.7. The molecule has 2 heterocycles. The molecule has 3 rings (SSSR count). The third-order valence-electron chi connectivity index (χ3n) is 4.62. The van der Waals surface area contributed by atoms with Crippen molar-refractivity contribution in [1.29, 1.82) is 0 Å². The first-order valence-electron chi connectivity index (χ1n) is 9.33. The molecule has 10 nitrogen and oxygen atoms in total. The SMILES string of the molecule is COc1ccc(S(=O)(=O)N2CCN(C(=O)CSc3nnc(CSC)o3)CC2)cc1OC. The van der Waals surface area contributed by atoms with Gasteiger partial charge in [-0.1, -0.05) is 11.8 Å². The number of aromatic nitrogens is 2. The molecule has 1 aliphatic heterocycles. The fourth-order valence-electron chi connectivity index (χ4n) is 3.00. The highest BCUT2D eigenvalue weighted by Crippen LogP contribution is 2.31. The summed E-state index contributed by atoms with van der Waals surface area (Å²) >= 11 is 2.75. The fourth-order valence-corrected chi connectivity index (χ4v) is 5.48. The predicted molar refractivity (Wildman–Crippen MR) is 117 cm³/mol. The zero-order valence-electron chi connectivity index (χ0n) is 17.4. The number of benzene rings is 1. The van der Waals surface area contributed by atoms with E-state index in [1.807, 2.05) is 6.26 Å². The Morgan fingerprint density at radius 1 is 1.13 bits per heavy atom. The molecular weight excluding hydrogens is 464 g/mol. The van der Waals surface area contributed by atoms with Crippen molar-refractivity contribution in [1.82, 2.24) is 19.4 Å². The summed E-state index contributed by atoms with van der Waals surface area (Å²) in [7, 11) is -0.766. The molecule has 0 atom stereocenters. The first-order chi connectivity index (χ1) is 14.9. The summed E-state index contributed by atoms with van der Waals surface area (Å²) in [6, 6.07) is 4.49. The molecule has 1 aliphatic rings. The third kappa shape index (κ3) is 5.64. The molecule has 13 heteroatoms. The number of carbonyl (C=O) groups excluding carboxylic acids is 1. The molecule has 0 bridgehead atoms. The molecular formula is C18H24N4O6S3. The second kappa shape index (κ2) is 10.6. The molecule has 1 amide bonds. The molecule has 1 saturated heterocycles. The van der Waals surface area contributed by atoms with Gasteiger partial charge in [-0.05, 0) is 18.4 Å². The van der Waals surface area contributed by atoms with E-state index in [1.165, 1.54) is 42.4 Å². The summed E-state index contributed by atoms with van der Waals surface area (Å²) in [5.41, 5.74) is 0. The average molecular weight is 489 g/mol. The number of nitrogens with zero attached hydrogens (tertiary/aromatic N) is 4. The van der Waals surface area contributed by atoms with E-state index in [0.29, 0.717) is 41.5 Å². The van der Waals surface area contributed by atoms with Crippen LogP contribution in [0.5, 0.6) is 11.5 Å². The van der Waals surface area contributed by atoms with Gasteiger partial charge in [0.25, 0.3) is 5.22 Å². The van der Waals surface area contributed by atoms with Crippen LogP contribution in [0.1, 0.15) is 5.89 Å². The highest BCUT2D eigenvalue weighted by Gasteiger charge is 2.31. The van der Waals surface area contributed by atoms with E-state index in [0.717, 1.165) is 0 Å². The number of ether oxygens (including phenoxy) is 2. The van der Waals surface area contributed by atoms with Crippen molar-refractivity contribution in [2.75, 3.05) is 52.4 Å². The van der Waals surface area contributed by atoms with E-state index in [1.54, 1.807) is 22.7 Å². The fraction of sp³-hybridized carbons (Fsp3) is 0.500. The van der Waals surface area contributed by atoms with Gasteiger partial charge < -0.3 is 18.8 Å². The number of hydrogen-bond acceptors (Lipinski definition) is 10. The monoisotopic (exact) mass is 488 g/mol. The van der Waals surface area contributed by atoms with Gasteiger partial charge >= 0.3 is 0 Å². The van der Waals surface area contributed by atoms with Crippen molar-refractivity contribution in [3.05, 3.63) is 24.1 Å². The molecule has 1 aromatic heterocycles. The van der Waals surface area contributed by atoms with E-state index in [4.69, 9.17) is 13.9 Å². The average Bonchev–Trinajstić information content (AvgIpc) is 3.24. The van der Waals surface area contributed by atoms with Crippen molar-refractivity contribution < 1.29 is 27.1 Å². The van der Waals surface area contributed by atoms with Gasteiger partial charge in [-0.15, -0.1) is 10.2 Å². The van der Waals surface area contributed by atoms with Crippen molar-refractivity contribution in [2.24, 2.45) is 0 Å². The standard InChI is InChI=1S/C18H24N4O6S3/c1-26-14-5-4-13(10-15(14)27-2)31(24,25)22-8-6-21(7-9-22)17(23)12-30-18-20-19-16(28-18)11-29-3/h4-5,10H,6-9,11-12H2,1-3H3. The topological polar surface area (TPSA) is 115 Å². The summed E-state index contributed by atoms with van der Waals surface area (Å²) in [4.78, 5) is 14.3. The zero-order valence-corrected chi connectivity index (χ0v) is 19.9. The van der Waals surface area contributed by atoms with Gasteiger partial charge in [-0.3, -0.25) is 4.79 Å². The quantitative estimate of drug-likeness (QED) is 0.482. The Kier molecular flexibility index (Phi) is 8.08. The maximum atomic E-state index is 13.0. The zero-order chi connectivity index (χ0) is 22.4. The molecule has 0 unspecified atom stereocenters. The van der Waals surface area contributed by atoms with E-state index in [2.05, 4.69) is 10.2 Å². The lowest BCUT2D eigenvalue weighted by molar-refractivity contribution is -0.129. The summed E-state index contributed by atoms with van der Waals surface area (Å²) in [5, 5.41) is 8.18. The van der Waals surface area contributed by atoms with Crippen molar-refractivity contribution in [2.45, 2.75) is 15.9 Å². The normalized spacial score (nSPS) is 15.1. The van der Waals surface area contributed by atoms with Gasteiger partial charge in [0.15, 0.2) is 11.5 Å². The lowest BCUT2D eigenvalue weighted by Gasteiger charge is -2.34. The van der Waals surface area contributed by atoms with Crippen molar-refractivity contribution >= 4 is 39.5 Å². The highest BCUT2D eigenvalue weighted by molar-refractivity contribution is 7.99. The summed E-state index contributed by atoms with van der Waals surface area (Å²) in [6.07, 6.45) is 1.94. The number of piperazine rings is 1. The van der Waals surface area contributed by atoms with Crippen LogP contribution >= 0.6 is 23.5 Å². The maximum absolute atomic E-state index is 13.0. The summed E-state index contributed by atoms with van der Waals surface area (Å²) in [6.45, 7) is 1.05. The smallest absolute Gasteiger partial charge is 0.277 e. The second-order valence-corrected chi connectivity index (χ2v) is 10.2. The van der Waals surface area contributed by atoms with E-state index >= 15 is 0 Å². The summed E-state index contributed by atoms with van der Waals surface area (Å²) < 4.78 is 43.2. The Bertz CT molecular complexity index is 1010. The van der Waals surface area contributed by atoms with Gasteiger partial charge in [0, 0.05) is 32.2 Å². The first-order valence-corrected chi connectivity index (χ1v) is 13.1. The van der Waals surface area contributed by atoms with Gasteiger partial charge in [0.2, 0.25) is 21.8 Å². The molecule has 1 aromatic carbocycles. The minimum atomic E-state index is -3.71. The minimum absolute atomic E-state index is 0.0993. The Hall–Kier alpha value is -1.96. The van der Waals surface area contributed by atoms with E-state index in [9.17, 15) is 13.2 Å². The van der Waals surface area contributed by atoms with Crippen LogP contribution in [0, 0.1) is 0 Å². The molecule has 1 fully saturated rings. The van der Waals surface area contributed by atoms with Gasteiger partial charge in [0.1, 0.15) is 0 Å². The number of amides is 1. The molecule has 0 spiro atoms. The van der Waals surface area contributed by atoms with Crippen LogP contribution in [0.4, 0.5) is 0 Å². The van der Waals surface area contributed by atoms with Crippen LogP contribution in [-0.2, 0) is 20.6 Å². The minimum Gasteiger partial charge on any atom is -0.493 e. The number of carbonyl (C=O) groups is 1. The number of thioether (sulfide) groups is 2. The van der Waals surface area contributed by atoms with Crippen LogP contribution in [0.2, 0.25) is 0 Å². The van der Waals surface area contributed by atoms with Crippen LogP contribution in [0.25, 0.3) is 0 Å². The Labute approximate surface area is 189 Å². The Morgan fingerprint density at radius 3 is 2.48 bits per heavy atom. The third-order valence-corrected chi connectivity index (χ3v) is 7.85. The summed E-state index contributed by atoms with van der Waals surface area (Å²) in [5.74, 6) is 2.00. The molecule has 31 heavy (non-hydrogen) atoms. The number of rotatable bonds is 9. The van der Waals surface area contributed by atoms with Crippen LogP contribution in [0.15, 0.2) is 32.7 Å². The lowest BCUT2D eigenvalue weighted by atomic mass is 10.3. The second-order valence-electron chi connectivity index (χ2n) is 6.49.